The van der Waals surface area contributed by atoms with Crippen LogP contribution in [0, 0.1) is 11.8 Å². The second-order valence-corrected chi connectivity index (χ2v) is 6.11. The first-order chi connectivity index (χ1) is 12.9. The van der Waals surface area contributed by atoms with E-state index in [0.717, 1.165) is 0 Å². The number of aromatic nitrogens is 2. The Bertz CT molecular complexity index is 956. The van der Waals surface area contributed by atoms with E-state index in [9.17, 15) is 14.7 Å². The van der Waals surface area contributed by atoms with Crippen molar-refractivity contribution in [1.82, 2.24) is 14.7 Å². The number of hydrogen-bond donors (Lipinski definition) is 1. The number of nitrogens with zero attached hydrogens (tertiary/aromatic N) is 3. The Balaban J connectivity index is 1.94. The molecule has 1 aliphatic heterocycles. The number of methoxy groups -OCH3 is 2. The lowest BCUT2D eigenvalue weighted by Gasteiger charge is -2.13. The van der Waals surface area contributed by atoms with Crippen LogP contribution in [-0.4, -0.2) is 65.1 Å². The molecule has 1 aromatic heterocycles. The molecule has 0 aliphatic carbocycles. The van der Waals surface area contributed by atoms with Crippen molar-refractivity contribution in [3.63, 3.8) is 0 Å². The molecule has 0 bridgehead atoms. The van der Waals surface area contributed by atoms with Crippen molar-refractivity contribution >= 4 is 11.9 Å². The number of esters is 1. The lowest BCUT2D eigenvalue weighted by molar-refractivity contribution is -0.137. The third kappa shape index (κ3) is 3.50. The predicted octanol–water partition coefficient (Wildman–Crippen LogP) is 0.612. The van der Waals surface area contributed by atoms with Crippen LogP contribution in [0.4, 0.5) is 0 Å². The van der Waals surface area contributed by atoms with Crippen LogP contribution in [-0.2, 0) is 9.53 Å². The highest BCUT2D eigenvalue weighted by Crippen LogP contribution is 2.22. The van der Waals surface area contributed by atoms with Gasteiger partial charge in [-0.15, -0.1) is 0 Å². The quantitative estimate of drug-likeness (QED) is 0.629. The molecule has 1 fully saturated rings. The van der Waals surface area contributed by atoms with Crippen molar-refractivity contribution in [2.45, 2.75) is 12.0 Å². The van der Waals surface area contributed by atoms with Crippen molar-refractivity contribution in [3.8, 4) is 23.4 Å². The van der Waals surface area contributed by atoms with Gasteiger partial charge in [-0.05, 0) is 18.2 Å². The van der Waals surface area contributed by atoms with Crippen molar-refractivity contribution in [2.75, 3.05) is 27.8 Å². The number of aliphatic hydroxyl groups is 1. The van der Waals surface area contributed by atoms with Crippen molar-refractivity contribution in [3.05, 3.63) is 41.6 Å². The number of carbonyl (C=O) groups is 2. The topological polar surface area (TPSA) is 93.9 Å². The summed E-state index contributed by atoms with van der Waals surface area (Å²) in [6, 6.07) is 8.46. The van der Waals surface area contributed by atoms with Gasteiger partial charge in [0.25, 0.3) is 5.91 Å². The van der Waals surface area contributed by atoms with Gasteiger partial charge in [-0.2, -0.15) is 5.10 Å². The molecular weight excluding hydrogens is 350 g/mol. The Morgan fingerprint density at radius 1 is 1.33 bits per heavy atom. The minimum atomic E-state index is -1.66. The SMILES string of the molecule is COC(=O)c1cc(OC)n(-c2cccc(C#C[C@]3(O)CCN(C)C3=O)c2)n1. The van der Waals surface area contributed by atoms with Gasteiger partial charge in [-0.25, -0.2) is 9.48 Å². The number of likely N-dealkylation sites (N-methyl/N-ethyl adjacent to an activating group) is 1. The highest BCUT2D eigenvalue weighted by molar-refractivity contribution is 5.90. The predicted molar refractivity (Wildman–Crippen MR) is 95.5 cm³/mol. The Kier molecular flexibility index (Phi) is 4.88. The molecule has 0 unspecified atom stereocenters. The number of likely N-dealkylation sites (tertiary alicyclic amines) is 1. The summed E-state index contributed by atoms with van der Waals surface area (Å²) in [5.74, 6) is 4.90. The molecule has 1 saturated heterocycles. The van der Waals surface area contributed by atoms with Crippen LogP contribution in [0.25, 0.3) is 5.69 Å². The number of hydrogen-bond acceptors (Lipinski definition) is 6. The maximum Gasteiger partial charge on any atom is 0.358 e. The second kappa shape index (κ2) is 7.13. The van der Waals surface area contributed by atoms with Crippen LogP contribution in [0.3, 0.4) is 0 Å². The first-order valence-corrected chi connectivity index (χ1v) is 8.22. The van der Waals surface area contributed by atoms with Gasteiger partial charge in [0.2, 0.25) is 11.5 Å². The van der Waals surface area contributed by atoms with Gasteiger partial charge in [-0.3, -0.25) is 4.79 Å². The van der Waals surface area contributed by atoms with Gasteiger partial charge in [0, 0.05) is 31.6 Å². The van der Waals surface area contributed by atoms with E-state index >= 15 is 0 Å². The number of amides is 1. The zero-order valence-corrected chi connectivity index (χ0v) is 15.2. The van der Waals surface area contributed by atoms with Crippen LogP contribution in [0.2, 0.25) is 0 Å². The number of carbonyl (C=O) groups excluding carboxylic acids is 2. The Morgan fingerprint density at radius 2 is 2.11 bits per heavy atom. The van der Waals surface area contributed by atoms with Gasteiger partial charge >= 0.3 is 5.97 Å². The molecule has 2 aromatic rings. The van der Waals surface area contributed by atoms with E-state index in [1.807, 2.05) is 0 Å². The molecule has 1 amide bonds. The van der Waals surface area contributed by atoms with E-state index in [4.69, 9.17) is 4.74 Å². The molecule has 2 heterocycles. The summed E-state index contributed by atoms with van der Waals surface area (Å²) in [6.45, 7) is 0.463. The average Bonchev–Trinajstić information content (AvgIpc) is 3.23. The molecule has 0 spiro atoms. The summed E-state index contributed by atoms with van der Waals surface area (Å²) in [7, 11) is 4.37. The van der Waals surface area contributed by atoms with Gasteiger partial charge in [0.15, 0.2) is 5.69 Å². The van der Waals surface area contributed by atoms with Crippen LogP contribution in [0.1, 0.15) is 22.5 Å². The minimum Gasteiger partial charge on any atom is -0.481 e. The van der Waals surface area contributed by atoms with E-state index in [2.05, 4.69) is 21.7 Å². The third-order valence-electron chi connectivity index (χ3n) is 4.29. The molecule has 1 atom stereocenters. The Hall–Kier alpha value is -3.31. The van der Waals surface area contributed by atoms with Crippen molar-refractivity contribution in [1.29, 1.82) is 0 Å². The molecule has 27 heavy (non-hydrogen) atoms. The number of benzene rings is 1. The van der Waals surface area contributed by atoms with Crippen LogP contribution in [0.15, 0.2) is 30.3 Å². The molecular formula is C19H19N3O5. The lowest BCUT2D eigenvalue weighted by Crippen LogP contribution is -2.37. The number of rotatable bonds is 3. The van der Waals surface area contributed by atoms with E-state index in [0.29, 0.717) is 23.7 Å². The zero-order chi connectivity index (χ0) is 19.6. The fourth-order valence-electron chi connectivity index (χ4n) is 2.76. The average molecular weight is 369 g/mol. The largest absolute Gasteiger partial charge is 0.481 e. The standard InChI is InChI=1S/C19H19N3O5/c1-21-10-9-19(25,18(21)24)8-7-13-5-4-6-14(11-13)22-16(26-2)12-15(20-22)17(23)27-3/h4-6,11-12,25H,9-10H2,1-3H3/t19-/m0/s1. The smallest absolute Gasteiger partial charge is 0.358 e. The molecule has 140 valence electrons. The van der Waals surface area contributed by atoms with Crippen LogP contribution >= 0.6 is 0 Å². The number of ether oxygens (including phenoxy) is 2. The van der Waals surface area contributed by atoms with Crippen molar-refractivity contribution < 1.29 is 24.2 Å². The fraction of sp³-hybridized carbons (Fsp3) is 0.316. The minimum absolute atomic E-state index is 0.111. The zero-order valence-electron chi connectivity index (χ0n) is 15.2. The normalized spacial score (nSPS) is 18.8. The summed E-state index contributed by atoms with van der Waals surface area (Å²) in [6.07, 6.45) is 0.268. The molecule has 1 aromatic carbocycles. The van der Waals surface area contributed by atoms with Gasteiger partial charge in [0.05, 0.1) is 19.9 Å². The lowest BCUT2D eigenvalue weighted by atomic mass is 10.0. The molecule has 1 N–H and O–H groups in total. The maximum absolute atomic E-state index is 12.0. The summed E-state index contributed by atoms with van der Waals surface area (Å²) in [5, 5.41) is 14.6. The van der Waals surface area contributed by atoms with E-state index in [1.165, 1.54) is 29.9 Å². The Labute approximate surface area is 156 Å². The summed E-state index contributed by atoms with van der Waals surface area (Å²) in [5.41, 5.74) is -0.359. The highest BCUT2D eigenvalue weighted by Gasteiger charge is 2.42. The molecule has 8 heteroatoms. The highest BCUT2D eigenvalue weighted by atomic mass is 16.5. The maximum atomic E-state index is 12.0. The first kappa shape index (κ1) is 18.5. The van der Waals surface area contributed by atoms with Gasteiger partial charge in [-0.1, -0.05) is 17.9 Å². The monoisotopic (exact) mass is 369 g/mol. The fourth-order valence-corrected chi connectivity index (χ4v) is 2.76. The molecule has 0 saturated carbocycles. The van der Waals surface area contributed by atoms with Gasteiger partial charge in [0.1, 0.15) is 0 Å². The van der Waals surface area contributed by atoms with E-state index in [-0.39, 0.29) is 12.1 Å². The van der Waals surface area contributed by atoms with Gasteiger partial charge < -0.3 is 19.5 Å². The summed E-state index contributed by atoms with van der Waals surface area (Å²) in [4.78, 5) is 25.2. The third-order valence-corrected chi connectivity index (χ3v) is 4.29. The van der Waals surface area contributed by atoms with E-state index in [1.54, 1.807) is 31.3 Å². The van der Waals surface area contributed by atoms with Crippen LogP contribution < -0.4 is 4.74 Å². The molecule has 0 radical (unpaired) electrons. The molecule has 8 nitrogen and oxygen atoms in total. The second-order valence-electron chi connectivity index (χ2n) is 6.11. The summed E-state index contributed by atoms with van der Waals surface area (Å²) >= 11 is 0. The Morgan fingerprint density at radius 3 is 2.74 bits per heavy atom. The molecule has 3 rings (SSSR count). The summed E-state index contributed by atoms with van der Waals surface area (Å²) < 4.78 is 11.4. The molecule has 1 aliphatic rings. The van der Waals surface area contributed by atoms with Crippen molar-refractivity contribution in [2.24, 2.45) is 0 Å². The van der Waals surface area contributed by atoms with Crippen LogP contribution in [0.5, 0.6) is 5.88 Å². The first-order valence-electron chi connectivity index (χ1n) is 8.22. The van der Waals surface area contributed by atoms with E-state index < -0.39 is 17.5 Å².